The van der Waals surface area contributed by atoms with Crippen LogP contribution in [0.5, 0.6) is 5.88 Å². The molecule has 5 nitrogen and oxygen atoms in total. The van der Waals surface area contributed by atoms with Gasteiger partial charge in [-0.15, -0.1) is 0 Å². The largest absolute Gasteiger partial charge is 0.475 e. The number of nitrogens with two attached hydrogens (primary N) is 1. The highest BCUT2D eigenvalue weighted by atomic mass is 16.5. The lowest BCUT2D eigenvalue weighted by Gasteiger charge is -2.13. The molecule has 1 amide bonds. The number of hydrogen-bond acceptors (Lipinski definition) is 4. The van der Waals surface area contributed by atoms with Crippen LogP contribution < -0.4 is 15.8 Å². The Morgan fingerprint density at radius 3 is 2.82 bits per heavy atom. The minimum absolute atomic E-state index is 0.0489. The molecule has 1 atom stereocenters. The van der Waals surface area contributed by atoms with Gasteiger partial charge in [-0.25, -0.2) is 4.98 Å². The highest BCUT2D eigenvalue weighted by Gasteiger charge is 2.10. The number of nitrogens with zero attached hydrogens (tertiary/aromatic N) is 1. The van der Waals surface area contributed by atoms with Crippen molar-refractivity contribution in [2.75, 3.05) is 0 Å². The Labute approximate surface area is 101 Å². The van der Waals surface area contributed by atoms with Gasteiger partial charge in [0.05, 0.1) is 12.1 Å². The van der Waals surface area contributed by atoms with Gasteiger partial charge in [0, 0.05) is 18.3 Å². The maximum Gasteiger partial charge on any atom is 0.236 e. The Bertz CT molecular complexity index is 378. The van der Waals surface area contributed by atoms with Gasteiger partial charge < -0.3 is 15.8 Å². The molecule has 17 heavy (non-hydrogen) atoms. The van der Waals surface area contributed by atoms with Gasteiger partial charge in [0.15, 0.2) is 0 Å². The summed E-state index contributed by atoms with van der Waals surface area (Å²) in [5.74, 6) is 0.358. The van der Waals surface area contributed by atoms with Gasteiger partial charge in [-0.3, -0.25) is 4.79 Å². The lowest BCUT2D eigenvalue weighted by atomic mass is 10.2. The van der Waals surface area contributed by atoms with Crippen molar-refractivity contribution in [1.29, 1.82) is 0 Å². The van der Waals surface area contributed by atoms with E-state index < -0.39 is 6.04 Å². The Morgan fingerprint density at radius 1 is 1.53 bits per heavy atom. The normalized spacial score (nSPS) is 12.3. The smallest absolute Gasteiger partial charge is 0.236 e. The molecule has 0 radical (unpaired) electrons. The van der Waals surface area contributed by atoms with Crippen LogP contribution >= 0.6 is 0 Å². The molecule has 0 saturated heterocycles. The monoisotopic (exact) mass is 237 g/mol. The molecule has 0 aliphatic rings. The molecule has 1 aromatic rings. The summed E-state index contributed by atoms with van der Waals surface area (Å²) in [6, 6.07) is 3.16. The first-order valence-electron chi connectivity index (χ1n) is 5.64. The van der Waals surface area contributed by atoms with Crippen LogP contribution in [0.4, 0.5) is 0 Å². The van der Waals surface area contributed by atoms with Gasteiger partial charge in [0.25, 0.3) is 0 Å². The average molecular weight is 237 g/mol. The first kappa shape index (κ1) is 13.4. The average Bonchev–Trinajstić information content (AvgIpc) is 2.26. The Balaban J connectivity index is 2.67. The molecule has 0 fully saturated rings. The number of amides is 1. The lowest BCUT2D eigenvalue weighted by Crippen LogP contribution is -2.37. The maximum atomic E-state index is 11.4. The topological polar surface area (TPSA) is 77.2 Å². The summed E-state index contributed by atoms with van der Waals surface area (Å²) in [4.78, 5) is 15.5. The Kier molecular flexibility index (Phi) is 4.90. The molecule has 0 spiro atoms. The summed E-state index contributed by atoms with van der Waals surface area (Å²) >= 11 is 0. The van der Waals surface area contributed by atoms with Gasteiger partial charge in [-0.05, 0) is 26.8 Å². The fourth-order valence-corrected chi connectivity index (χ4v) is 1.23. The van der Waals surface area contributed by atoms with Crippen molar-refractivity contribution in [2.24, 2.45) is 5.73 Å². The van der Waals surface area contributed by atoms with Crippen molar-refractivity contribution in [3.05, 3.63) is 23.9 Å². The van der Waals surface area contributed by atoms with Crippen LogP contribution in [0.15, 0.2) is 18.3 Å². The number of aromatic nitrogens is 1. The van der Waals surface area contributed by atoms with Crippen LogP contribution in [0, 0.1) is 0 Å². The number of carbonyl (C=O) groups is 1. The first-order valence-corrected chi connectivity index (χ1v) is 5.64. The molecule has 0 bridgehead atoms. The fourth-order valence-electron chi connectivity index (χ4n) is 1.23. The number of rotatable bonds is 5. The number of pyridine rings is 1. The zero-order valence-electron chi connectivity index (χ0n) is 10.4. The number of ether oxygens (including phenoxy) is 1. The molecule has 0 unspecified atom stereocenters. The van der Waals surface area contributed by atoms with Crippen molar-refractivity contribution in [3.8, 4) is 5.88 Å². The Hall–Kier alpha value is -1.62. The number of hydrogen-bond donors (Lipinski definition) is 2. The Morgan fingerprint density at radius 2 is 2.24 bits per heavy atom. The molecule has 3 N–H and O–H groups in total. The number of nitrogens with one attached hydrogen (secondary N) is 1. The second kappa shape index (κ2) is 6.20. The van der Waals surface area contributed by atoms with Crippen molar-refractivity contribution < 1.29 is 9.53 Å². The molecule has 1 heterocycles. The van der Waals surface area contributed by atoms with Gasteiger partial charge in [-0.1, -0.05) is 6.07 Å². The summed E-state index contributed by atoms with van der Waals surface area (Å²) < 4.78 is 5.54. The summed E-state index contributed by atoms with van der Waals surface area (Å²) in [5, 5.41) is 2.73. The van der Waals surface area contributed by atoms with Crippen LogP contribution in [0.25, 0.3) is 0 Å². The van der Waals surface area contributed by atoms with E-state index in [2.05, 4.69) is 10.3 Å². The van der Waals surface area contributed by atoms with Crippen LogP contribution in [0.3, 0.4) is 0 Å². The molecule has 1 rings (SSSR count). The standard InChI is InChI=1S/C12H19N3O2/c1-8(2)17-12-10(5-4-6-14-12)7-15-11(16)9(3)13/h4-6,8-9H,7,13H2,1-3H3,(H,15,16)/t9-/m1/s1. The highest BCUT2D eigenvalue weighted by molar-refractivity contribution is 5.80. The summed E-state index contributed by atoms with van der Waals surface area (Å²) in [6.07, 6.45) is 1.71. The molecule has 0 aromatic carbocycles. The van der Waals surface area contributed by atoms with E-state index in [1.54, 1.807) is 19.2 Å². The van der Waals surface area contributed by atoms with Gasteiger partial charge in [0.1, 0.15) is 0 Å². The van der Waals surface area contributed by atoms with Gasteiger partial charge in [0.2, 0.25) is 11.8 Å². The maximum absolute atomic E-state index is 11.4. The van der Waals surface area contributed by atoms with E-state index in [0.29, 0.717) is 12.4 Å². The molecule has 0 aliphatic heterocycles. The van der Waals surface area contributed by atoms with Crippen LogP contribution in [0.1, 0.15) is 26.3 Å². The lowest BCUT2D eigenvalue weighted by molar-refractivity contribution is -0.122. The van der Waals surface area contributed by atoms with E-state index in [9.17, 15) is 4.79 Å². The van der Waals surface area contributed by atoms with E-state index >= 15 is 0 Å². The SMILES string of the molecule is CC(C)Oc1ncccc1CNC(=O)[C@@H](C)N. The minimum atomic E-state index is -0.513. The van der Waals surface area contributed by atoms with E-state index in [-0.39, 0.29) is 12.0 Å². The van der Waals surface area contributed by atoms with E-state index in [0.717, 1.165) is 5.56 Å². The minimum Gasteiger partial charge on any atom is -0.475 e. The molecular weight excluding hydrogens is 218 g/mol. The highest BCUT2D eigenvalue weighted by Crippen LogP contribution is 2.15. The van der Waals surface area contributed by atoms with Crippen LogP contribution in [-0.2, 0) is 11.3 Å². The predicted molar refractivity (Wildman–Crippen MR) is 65.5 cm³/mol. The van der Waals surface area contributed by atoms with Crippen molar-refractivity contribution in [3.63, 3.8) is 0 Å². The molecule has 0 aliphatic carbocycles. The molecular formula is C12H19N3O2. The van der Waals surface area contributed by atoms with E-state index in [1.165, 1.54) is 0 Å². The molecule has 94 valence electrons. The van der Waals surface area contributed by atoms with Crippen molar-refractivity contribution in [2.45, 2.75) is 39.5 Å². The van der Waals surface area contributed by atoms with Crippen LogP contribution in [-0.4, -0.2) is 23.0 Å². The third kappa shape index (κ3) is 4.40. The van der Waals surface area contributed by atoms with Gasteiger partial charge in [-0.2, -0.15) is 0 Å². The van der Waals surface area contributed by atoms with Crippen LogP contribution in [0.2, 0.25) is 0 Å². The first-order chi connectivity index (χ1) is 8.00. The third-order valence-electron chi connectivity index (χ3n) is 2.06. The molecule has 1 aromatic heterocycles. The fraction of sp³-hybridized carbons (Fsp3) is 0.500. The zero-order chi connectivity index (χ0) is 12.8. The van der Waals surface area contributed by atoms with Gasteiger partial charge >= 0.3 is 0 Å². The summed E-state index contributed by atoms with van der Waals surface area (Å²) in [7, 11) is 0. The molecule has 0 saturated carbocycles. The third-order valence-corrected chi connectivity index (χ3v) is 2.06. The quantitative estimate of drug-likeness (QED) is 0.795. The summed E-state index contributed by atoms with van der Waals surface area (Å²) in [6.45, 7) is 5.87. The predicted octanol–water partition coefficient (Wildman–Crippen LogP) is 0.832. The molecule has 5 heteroatoms. The van der Waals surface area contributed by atoms with E-state index in [1.807, 2.05) is 19.9 Å². The summed E-state index contributed by atoms with van der Waals surface area (Å²) in [5.41, 5.74) is 6.30. The second-order valence-electron chi connectivity index (χ2n) is 4.14. The van der Waals surface area contributed by atoms with E-state index in [4.69, 9.17) is 10.5 Å². The van der Waals surface area contributed by atoms with Crippen molar-refractivity contribution >= 4 is 5.91 Å². The number of carbonyl (C=O) groups excluding carboxylic acids is 1. The zero-order valence-corrected chi connectivity index (χ0v) is 10.4. The second-order valence-corrected chi connectivity index (χ2v) is 4.14. The van der Waals surface area contributed by atoms with Crippen molar-refractivity contribution in [1.82, 2.24) is 10.3 Å².